The summed E-state index contributed by atoms with van der Waals surface area (Å²) in [6.45, 7) is 6.13. The first kappa shape index (κ1) is 24.6. The summed E-state index contributed by atoms with van der Waals surface area (Å²) >= 11 is 6.10. The molecule has 0 aliphatic heterocycles. The van der Waals surface area contributed by atoms with Gasteiger partial charge in [-0.25, -0.2) is 13.2 Å². The van der Waals surface area contributed by atoms with E-state index in [1.165, 1.54) is 28.9 Å². The Kier molecular flexibility index (Phi) is 9.12. The summed E-state index contributed by atoms with van der Waals surface area (Å²) in [5.41, 5.74) is 0.0404. The first-order valence-electron chi connectivity index (χ1n) is 10.5. The molecule has 0 N–H and O–H groups in total. The Morgan fingerprint density at radius 1 is 1.07 bits per heavy atom. The largest absolute Gasteiger partial charge is 0.452 e. The maximum atomic E-state index is 12.8. The summed E-state index contributed by atoms with van der Waals surface area (Å²) in [5.74, 6) is -0.988. The molecule has 1 fully saturated rings. The molecule has 30 heavy (non-hydrogen) atoms. The van der Waals surface area contributed by atoms with Crippen molar-refractivity contribution in [2.24, 2.45) is 0 Å². The predicted octanol–water partition coefficient (Wildman–Crippen LogP) is 3.71. The number of halogens is 1. The van der Waals surface area contributed by atoms with Gasteiger partial charge in [-0.05, 0) is 38.0 Å². The summed E-state index contributed by atoms with van der Waals surface area (Å²) in [4.78, 5) is 26.7. The highest BCUT2D eigenvalue weighted by Crippen LogP contribution is 2.26. The average molecular weight is 459 g/mol. The van der Waals surface area contributed by atoms with Gasteiger partial charge in [0.2, 0.25) is 10.0 Å². The molecule has 1 saturated carbocycles. The lowest BCUT2D eigenvalue weighted by Crippen LogP contribution is -2.43. The molecule has 9 heteroatoms. The van der Waals surface area contributed by atoms with E-state index in [-0.39, 0.29) is 47.1 Å². The van der Waals surface area contributed by atoms with E-state index in [1.54, 1.807) is 18.7 Å². The fourth-order valence-corrected chi connectivity index (χ4v) is 5.81. The van der Waals surface area contributed by atoms with Gasteiger partial charge in [0.25, 0.3) is 5.91 Å². The maximum Gasteiger partial charge on any atom is 0.338 e. The zero-order chi connectivity index (χ0) is 22.3. The van der Waals surface area contributed by atoms with E-state index in [9.17, 15) is 18.0 Å². The van der Waals surface area contributed by atoms with Gasteiger partial charge in [-0.15, -0.1) is 0 Å². The lowest BCUT2D eigenvalue weighted by molar-refractivity contribution is -0.137. The predicted molar refractivity (Wildman–Crippen MR) is 116 cm³/mol. The molecule has 0 atom stereocenters. The molecule has 0 bridgehead atoms. The number of likely N-dealkylation sites (N-methyl/N-ethyl adjacent to an activating group) is 1. The van der Waals surface area contributed by atoms with Crippen molar-refractivity contribution in [1.29, 1.82) is 0 Å². The van der Waals surface area contributed by atoms with Crippen molar-refractivity contribution in [2.75, 3.05) is 26.2 Å². The monoisotopic (exact) mass is 458 g/mol. The highest BCUT2D eigenvalue weighted by molar-refractivity contribution is 7.89. The Morgan fingerprint density at radius 2 is 1.70 bits per heavy atom. The van der Waals surface area contributed by atoms with Crippen LogP contribution in [0.15, 0.2) is 23.1 Å². The highest BCUT2D eigenvalue weighted by Gasteiger charge is 2.27. The molecule has 1 aliphatic rings. The summed E-state index contributed by atoms with van der Waals surface area (Å²) in [7, 11) is -3.83. The van der Waals surface area contributed by atoms with Crippen LogP contribution in [0.2, 0.25) is 5.02 Å². The minimum Gasteiger partial charge on any atom is -0.452 e. The number of carbonyl (C=O) groups is 2. The number of amides is 1. The van der Waals surface area contributed by atoms with E-state index < -0.39 is 16.0 Å². The lowest BCUT2D eigenvalue weighted by atomic mass is 9.94. The smallest absolute Gasteiger partial charge is 0.338 e. The average Bonchev–Trinajstić information content (AvgIpc) is 2.74. The Balaban J connectivity index is 2.11. The standard InChI is InChI=1S/C21H31ClN2O5S/c1-4-23(5-2)30(27,28)19-14-16(12-13-18(19)22)21(26)29-15-20(25)24(6-3)17-10-8-7-9-11-17/h12-14,17H,4-11,15H2,1-3H3. The van der Waals surface area contributed by atoms with E-state index in [4.69, 9.17) is 16.3 Å². The topological polar surface area (TPSA) is 84.0 Å². The van der Waals surface area contributed by atoms with Gasteiger partial charge in [-0.1, -0.05) is 44.7 Å². The normalized spacial score (nSPS) is 15.2. The highest BCUT2D eigenvalue weighted by atomic mass is 35.5. The van der Waals surface area contributed by atoms with Gasteiger partial charge in [0.1, 0.15) is 4.90 Å². The number of nitrogens with zero attached hydrogens (tertiary/aromatic N) is 2. The molecule has 7 nitrogen and oxygen atoms in total. The van der Waals surface area contributed by atoms with Crippen LogP contribution in [0.4, 0.5) is 0 Å². The molecule has 0 radical (unpaired) electrons. The minimum absolute atomic E-state index is 0.0315. The van der Waals surface area contributed by atoms with E-state index >= 15 is 0 Å². The van der Waals surface area contributed by atoms with Gasteiger partial charge < -0.3 is 9.64 Å². The van der Waals surface area contributed by atoms with Gasteiger partial charge in [-0.2, -0.15) is 4.31 Å². The van der Waals surface area contributed by atoms with Crippen molar-refractivity contribution in [1.82, 2.24) is 9.21 Å². The van der Waals surface area contributed by atoms with Gasteiger partial charge in [0.15, 0.2) is 6.61 Å². The van der Waals surface area contributed by atoms with Crippen LogP contribution in [0.5, 0.6) is 0 Å². The fourth-order valence-electron chi connectivity index (χ4n) is 3.86. The number of hydrogen-bond donors (Lipinski definition) is 0. The number of benzene rings is 1. The van der Waals surface area contributed by atoms with Gasteiger partial charge in [0.05, 0.1) is 10.6 Å². The molecule has 0 unspecified atom stereocenters. The van der Waals surface area contributed by atoms with Crippen LogP contribution in [-0.2, 0) is 19.6 Å². The van der Waals surface area contributed by atoms with Gasteiger partial charge in [-0.3, -0.25) is 4.79 Å². The second-order valence-electron chi connectivity index (χ2n) is 7.28. The van der Waals surface area contributed by atoms with Crippen LogP contribution in [0.3, 0.4) is 0 Å². The van der Waals surface area contributed by atoms with Crippen molar-refractivity contribution >= 4 is 33.5 Å². The molecule has 1 aliphatic carbocycles. The van der Waals surface area contributed by atoms with E-state index in [0.717, 1.165) is 25.7 Å². The van der Waals surface area contributed by atoms with Crippen molar-refractivity contribution < 1.29 is 22.7 Å². The molecule has 1 aromatic carbocycles. The van der Waals surface area contributed by atoms with E-state index in [0.29, 0.717) is 6.54 Å². The number of hydrogen-bond acceptors (Lipinski definition) is 5. The number of carbonyl (C=O) groups excluding carboxylic acids is 2. The fraction of sp³-hybridized carbons (Fsp3) is 0.619. The van der Waals surface area contributed by atoms with Gasteiger partial charge in [0, 0.05) is 25.7 Å². The summed E-state index contributed by atoms with van der Waals surface area (Å²) in [6.07, 6.45) is 5.33. The molecular weight excluding hydrogens is 428 g/mol. The molecule has 168 valence electrons. The number of rotatable bonds is 9. The first-order valence-corrected chi connectivity index (χ1v) is 12.3. The summed E-state index contributed by atoms with van der Waals surface area (Å²) in [6, 6.07) is 4.16. The van der Waals surface area contributed by atoms with Crippen LogP contribution >= 0.6 is 11.6 Å². The lowest BCUT2D eigenvalue weighted by Gasteiger charge is -2.33. The quantitative estimate of drug-likeness (QED) is 0.526. The van der Waals surface area contributed by atoms with Crippen molar-refractivity contribution in [3.63, 3.8) is 0 Å². The van der Waals surface area contributed by atoms with Crippen molar-refractivity contribution in [2.45, 2.75) is 63.8 Å². The molecular formula is C21H31ClN2O5S. The van der Waals surface area contributed by atoms with Crippen molar-refractivity contribution in [3.8, 4) is 0 Å². The zero-order valence-electron chi connectivity index (χ0n) is 17.9. The maximum absolute atomic E-state index is 12.8. The Morgan fingerprint density at radius 3 is 2.27 bits per heavy atom. The third-order valence-electron chi connectivity index (χ3n) is 5.49. The first-order chi connectivity index (χ1) is 14.3. The van der Waals surface area contributed by atoms with Crippen LogP contribution in [-0.4, -0.2) is 61.8 Å². The summed E-state index contributed by atoms with van der Waals surface area (Å²) in [5, 5.41) is 0.0315. The molecule has 1 aromatic rings. The molecule has 0 heterocycles. The number of ether oxygens (including phenoxy) is 1. The third kappa shape index (κ3) is 5.74. The molecule has 0 aromatic heterocycles. The molecule has 0 saturated heterocycles. The zero-order valence-corrected chi connectivity index (χ0v) is 19.5. The second kappa shape index (κ2) is 11.1. The molecule has 1 amide bonds. The Labute approximate surface area is 184 Å². The molecule has 2 rings (SSSR count). The van der Waals surface area contributed by atoms with E-state index in [1.807, 2.05) is 6.92 Å². The van der Waals surface area contributed by atoms with Crippen molar-refractivity contribution in [3.05, 3.63) is 28.8 Å². The summed E-state index contributed by atoms with van der Waals surface area (Å²) < 4.78 is 32.0. The number of esters is 1. The Hall–Kier alpha value is -1.64. The van der Waals surface area contributed by atoms with Crippen LogP contribution in [0, 0.1) is 0 Å². The number of sulfonamides is 1. The molecule has 0 spiro atoms. The van der Waals surface area contributed by atoms with Crippen LogP contribution in [0.1, 0.15) is 63.2 Å². The van der Waals surface area contributed by atoms with Gasteiger partial charge >= 0.3 is 5.97 Å². The van der Waals surface area contributed by atoms with E-state index in [2.05, 4.69) is 0 Å². The minimum atomic E-state index is -3.83. The third-order valence-corrected chi connectivity index (χ3v) is 8.02. The SMILES string of the molecule is CCN(C(=O)COC(=O)c1ccc(Cl)c(S(=O)(=O)N(CC)CC)c1)C1CCCCC1. The second-order valence-corrected chi connectivity index (χ2v) is 9.60. The van der Waals surface area contributed by atoms with Crippen LogP contribution in [0.25, 0.3) is 0 Å². The Bertz CT molecular complexity index is 849. The van der Waals surface area contributed by atoms with Crippen LogP contribution < -0.4 is 0 Å².